The van der Waals surface area contributed by atoms with E-state index in [1.165, 1.54) is 78.9 Å². The summed E-state index contributed by atoms with van der Waals surface area (Å²) in [5.74, 6) is 0. The summed E-state index contributed by atoms with van der Waals surface area (Å²) in [6.45, 7) is -2.09. The topological polar surface area (TPSA) is 46.1 Å². The zero-order chi connectivity index (χ0) is 49.3. The van der Waals surface area contributed by atoms with Crippen molar-refractivity contribution in [1.29, 1.82) is 0 Å². The summed E-state index contributed by atoms with van der Waals surface area (Å²) in [6.07, 6.45) is -28.8. The number of hydrogen-bond acceptors (Lipinski definition) is 2. The SMILES string of the molecule is [O-][N+]1(c2cccc(-c3cc(C(F)(F)F)c(CF)c(C(F)(F)F)c3)c2)c2ccccc2-c2c1ccc1c2-c2ccccc2[N+]1([O-])c1cccc(-c2cc(C(F)(F)F)c(C(F)(F)F)c(C(F)(F)F)c2)c1. The summed E-state index contributed by atoms with van der Waals surface area (Å²) >= 11 is 0. The molecule has 2 aliphatic heterocycles. The highest BCUT2D eigenvalue weighted by Crippen LogP contribution is 2.67. The molecule has 0 aromatic heterocycles. The van der Waals surface area contributed by atoms with Crippen LogP contribution in [0, 0.1) is 10.4 Å². The fourth-order valence-corrected chi connectivity index (χ4v) is 9.20. The average molecular weight is 965 g/mol. The monoisotopic (exact) mass is 964 g/mol. The molecule has 0 amide bonds. The molecular formula is C48H24F16N2O2. The Morgan fingerprint density at radius 2 is 0.706 bits per heavy atom. The average Bonchev–Trinajstić information content (AvgIpc) is 3.70. The molecule has 0 spiro atoms. The predicted molar refractivity (Wildman–Crippen MR) is 220 cm³/mol. The fourth-order valence-electron chi connectivity index (χ4n) is 9.20. The van der Waals surface area contributed by atoms with Crippen LogP contribution in [0.5, 0.6) is 0 Å². The van der Waals surface area contributed by atoms with Gasteiger partial charge < -0.3 is 10.4 Å². The molecule has 7 aromatic rings. The van der Waals surface area contributed by atoms with E-state index >= 15 is 10.4 Å². The van der Waals surface area contributed by atoms with E-state index in [1.54, 1.807) is 0 Å². The van der Waals surface area contributed by atoms with E-state index in [1.807, 2.05) is 0 Å². The zero-order valence-corrected chi connectivity index (χ0v) is 33.7. The summed E-state index contributed by atoms with van der Waals surface area (Å²) in [4.78, 5) is 0. The molecule has 0 bridgehead atoms. The number of nitrogens with zero attached hydrogens (tertiary/aromatic N) is 2. The predicted octanol–water partition coefficient (Wildman–Crippen LogP) is 17.5. The third kappa shape index (κ3) is 7.10. The maximum absolute atomic E-state index is 15.7. The van der Waals surface area contributed by atoms with Crippen LogP contribution < -0.4 is 9.29 Å². The quantitative estimate of drug-likeness (QED) is 0.0980. The molecule has 4 nitrogen and oxygen atoms in total. The Morgan fingerprint density at radius 3 is 1.04 bits per heavy atom. The normalized spacial score (nSPS) is 18.0. The lowest BCUT2D eigenvalue weighted by molar-refractivity contribution is -0.174. The highest BCUT2D eigenvalue weighted by Gasteiger charge is 2.52. The van der Waals surface area contributed by atoms with Gasteiger partial charge in [-0.1, -0.05) is 48.5 Å². The lowest BCUT2D eigenvalue weighted by Crippen LogP contribution is -2.30. The van der Waals surface area contributed by atoms with Gasteiger partial charge in [0, 0.05) is 54.1 Å². The molecule has 7 aromatic carbocycles. The van der Waals surface area contributed by atoms with Crippen molar-refractivity contribution in [3.63, 3.8) is 0 Å². The van der Waals surface area contributed by atoms with Gasteiger partial charge in [0.15, 0.2) is 22.7 Å². The molecule has 20 heteroatoms. The van der Waals surface area contributed by atoms with Crippen molar-refractivity contribution >= 4 is 34.1 Å². The van der Waals surface area contributed by atoms with Gasteiger partial charge in [-0.15, -0.1) is 0 Å². The third-order valence-corrected chi connectivity index (χ3v) is 12.0. The van der Waals surface area contributed by atoms with Crippen molar-refractivity contribution in [2.24, 2.45) is 0 Å². The number of halogens is 16. The highest BCUT2D eigenvalue weighted by molar-refractivity contribution is 6.13. The van der Waals surface area contributed by atoms with Gasteiger partial charge in [-0.3, -0.25) is 9.29 Å². The number of fused-ring (bicyclic) bond motifs is 7. The van der Waals surface area contributed by atoms with Crippen molar-refractivity contribution in [2.45, 2.75) is 37.6 Å². The summed E-state index contributed by atoms with van der Waals surface area (Å²) in [5.41, 5.74) is -16.2. The first-order valence-electron chi connectivity index (χ1n) is 19.7. The standard InChI is InChI=1S/C48H24F16N2O2/c49-23-32-33(44(50,51)52)19-26(20-34(32)45(53,54)55)24-7-5-9-28(17-24)65(67)37-13-3-1-11-30(37)41-39(65)15-16-40-42(41)31-12-2-4-14-38(31)66(40,68)29-10-6-8-25(18-29)27-21-35(46(56,57)58)43(48(62,63)64)36(22-27)47(59,60)61/h1-22H,23H2. The van der Waals surface area contributed by atoms with Crippen LogP contribution in [0.4, 0.5) is 104 Å². The van der Waals surface area contributed by atoms with E-state index < -0.39 is 96.9 Å². The molecule has 2 heterocycles. The van der Waals surface area contributed by atoms with Gasteiger partial charge in [0.05, 0.1) is 50.1 Å². The van der Waals surface area contributed by atoms with E-state index in [0.717, 1.165) is 30.3 Å². The minimum Gasteiger partial charge on any atom is -0.616 e. The lowest BCUT2D eigenvalue weighted by atomic mass is 9.92. The van der Waals surface area contributed by atoms with E-state index in [2.05, 4.69) is 0 Å². The maximum Gasteiger partial charge on any atom is 0.417 e. The molecule has 68 heavy (non-hydrogen) atoms. The number of quaternary nitrogens is 2. The summed E-state index contributed by atoms with van der Waals surface area (Å²) in [7, 11) is 0. The first kappa shape index (κ1) is 46.4. The van der Waals surface area contributed by atoms with E-state index in [0.29, 0.717) is 12.1 Å². The minimum atomic E-state index is -6.09. The van der Waals surface area contributed by atoms with Crippen LogP contribution in [0.3, 0.4) is 0 Å². The molecule has 2 unspecified atom stereocenters. The molecule has 0 saturated heterocycles. The lowest BCUT2D eigenvalue weighted by Gasteiger charge is -2.40. The molecule has 2 atom stereocenters. The van der Waals surface area contributed by atoms with Gasteiger partial charge in [0.25, 0.3) is 0 Å². The summed E-state index contributed by atoms with van der Waals surface area (Å²) < 4.78 is 222. The molecule has 350 valence electrons. The number of hydrogen-bond donors (Lipinski definition) is 0. The fraction of sp³-hybridized carbons (Fsp3) is 0.125. The summed E-state index contributed by atoms with van der Waals surface area (Å²) in [5, 5.41) is 31.4. The van der Waals surface area contributed by atoms with E-state index in [9.17, 15) is 70.2 Å². The summed E-state index contributed by atoms with van der Waals surface area (Å²) in [6, 6.07) is 23.7. The van der Waals surface area contributed by atoms with Crippen LogP contribution in [0.25, 0.3) is 44.5 Å². The van der Waals surface area contributed by atoms with Crippen LogP contribution >= 0.6 is 0 Å². The molecule has 0 fully saturated rings. The van der Waals surface area contributed by atoms with E-state index in [-0.39, 0.29) is 74.1 Å². The number of alkyl halides is 16. The maximum atomic E-state index is 15.7. The first-order valence-corrected chi connectivity index (χ1v) is 19.7. The van der Waals surface area contributed by atoms with E-state index in [4.69, 9.17) is 0 Å². The second-order valence-electron chi connectivity index (χ2n) is 15.8. The molecular weight excluding hydrogens is 941 g/mol. The van der Waals surface area contributed by atoms with Gasteiger partial charge in [0.2, 0.25) is 0 Å². The van der Waals surface area contributed by atoms with Gasteiger partial charge in [-0.2, -0.15) is 65.9 Å². The van der Waals surface area contributed by atoms with Crippen LogP contribution in [-0.4, -0.2) is 0 Å². The molecule has 9 rings (SSSR count). The smallest absolute Gasteiger partial charge is 0.417 e. The molecule has 2 aliphatic rings. The second-order valence-corrected chi connectivity index (χ2v) is 15.8. The van der Waals surface area contributed by atoms with Gasteiger partial charge >= 0.3 is 30.9 Å². The van der Waals surface area contributed by atoms with Crippen LogP contribution in [-0.2, 0) is 37.6 Å². The molecule has 0 radical (unpaired) electrons. The Morgan fingerprint density at radius 1 is 0.353 bits per heavy atom. The second kappa shape index (κ2) is 15.1. The minimum absolute atomic E-state index is 0.0218. The van der Waals surface area contributed by atoms with Gasteiger partial charge in [-0.25, -0.2) is 4.39 Å². The highest BCUT2D eigenvalue weighted by atomic mass is 19.4. The molecule has 0 saturated carbocycles. The Kier molecular flexibility index (Phi) is 10.3. The Labute approximate surface area is 372 Å². The van der Waals surface area contributed by atoms with Crippen molar-refractivity contribution < 1.29 is 70.2 Å². The number of benzene rings is 7. The number of rotatable bonds is 5. The van der Waals surface area contributed by atoms with Crippen molar-refractivity contribution in [1.82, 2.24) is 9.29 Å². The third-order valence-electron chi connectivity index (χ3n) is 12.0. The van der Waals surface area contributed by atoms with Crippen molar-refractivity contribution in [3.05, 3.63) is 177 Å². The van der Waals surface area contributed by atoms with Gasteiger partial charge in [-0.05, 0) is 58.7 Å². The van der Waals surface area contributed by atoms with Gasteiger partial charge in [0.1, 0.15) is 18.0 Å². The number of para-hydroxylation sites is 2. The largest absolute Gasteiger partial charge is 0.616 e. The first-order chi connectivity index (χ1) is 31.6. The van der Waals surface area contributed by atoms with Crippen molar-refractivity contribution in [3.8, 4) is 44.5 Å². The van der Waals surface area contributed by atoms with Crippen LogP contribution in [0.15, 0.2) is 133 Å². The van der Waals surface area contributed by atoms with Crippen molar-refractivity contribution in [2.75, 3.05) is 0 Å². The molecule has 0 aliphatic carbocycles. The Bertz CT molecular complexity index is 3140. The van der Waals surface area contributed by atoms with Crippen LogP contribution in [0.1, 0.15) is 33.4 Å². The van der Waals surface area contributed by atoms with Crippen LogP contribution in [0.2, 0.25) is 0 Å². The zero-order valence-electron chi connectivity index (χ0n) is 33.7. The Hall–Kier alpha value is -6.74. The Balaban J connectivity index is 1.24. The molecule has 0 N–H and O–H groups in total.